The Morgan fingerprint density at radius 1 is 1.11 bits per heavy atom. The molecule has 36 heavy (non-hydrogen) atoms. The van der Waals surface area contributed by atoms with Crippen molar-refractivity contribution in [2.45, 2.75) is 57.4 Å². The van der Waals surface area contributed by atoms with Crippen molar-refractivity contribution in [2.24, 2.45) is 5.41 Å². The van der Waals surface area contributed by atoms with Crippen molar-refractivity contribution in [3.63, 3.8) is 0 Å². The molecule has 2 saturated heterocycles. The van der Waals surface area contributed by atoms with Crippen molar-refractivity contribution in [3.05, 3.63) is 35.9 Å². The van der Waals surface area contributed by atoms with Gasteiger partial charge >= 0.3 is 12.2 Å². The van der Waals surface area contributed by atoms with Crippen LogP contribution in [0.15, 0.2) is 30.3 Å². The van der Waals surface area contributed by atoms with Crippen LogP contribution in [0.3, 0.4) is 0 Å². The maximum absolute atomic E-state index is 13.3. The summed E-state index contributed by atoms with van der Waals surface area (Å²) in [5.41, 5.74) is 1.000. The van der Waals surface area contributed by atoms with Crippen molar-refractivity contribution in [1.29, 1.82) is 0 Å². The largest absolute Gasteiger partial charge is 0.508 e. The number of carbonyl (C=O) groups is 3. The summed E-state index contributed by atoms with van der Waals surface area (Å²) in [5.74, 6) is -0.216. The first-order valence-corrected chi connectivity index (χ1v) is 12.7. The summed E-state index contributed by atoms with van der Waals surface area (Å²) in [4.78, 5) is 43.0. The summed E-state index contributed by atoms with van der Waals surface area (Å²) in [5, 5.41) is 10.5. The highest BCUT2D eigenvalue weighted by molar-refractivity contribution is 5.86. The molecule has 1 N–H and O–H groups in total. The highest BCUT2D eigenvalue weighted by atomic mass is 16.7. The van der Waals surface area contributed by atoms with E-state index in [0.717, 1.165) is 31.4 Å². The molecule has 1 aromatic rings. The second-order valence-corrected chi connectivity index (χ2v) is 10.1. The molecule has 0 unspecified atom stereocenters. The average molecular weight is 504 g/mol. The standard InChI is InChI=1S/C26H37N3O7/c1-19-23(31)29(15-14-28(19)24(32)35-17-20-6-4-3-5-7-20)21(18-36-25(33)34-2)8-12-27-13-11-26(9-10-26)22(30)16-27/h3-7,19,21-22,30H,8-18H2,1-2H3/t19-,21-,22+/m0/s1. The lowest BCUT2D eigenvalue weighted by atomic mass is 9.90. The van der Waals surface area contributed by atoms with Gasteiger partial charge in [0.1, 0.15) is 19.3 Å². The first-order valence-electron chi connectivity index (χ1n) is 12.7. The van der Waals surface area contributed by atoms with Gasteiger partial charge in [-0.25, -0.2) is 9.59 Å². The fraction of sp³-hybridized carbons (Fsp3) is 0.654. The number of nitrogens with zero attached hydrogens (tertiary/aromatic N) is 3. The molecule has 1 aliphatic carbocycles. The third-order valence-corrected chi connectivity index (χ3v) is 7.87. The SMILES string of the molecule is COC(=O)OC[C@H](CCN1CCC2(CC2)[C@H](O)C1)N1CCN(C(=O)OCc2ccccc2)[C@@H](C)C1=O. The molecular weight excluding hydrogens is 466 g/mol. The van der Waals surface area contributed by atoms with Crippen molar-refractivity contribution in [1.82, 2.24) is 14.7 Å². The van der Waals surface area contributed by atoms with Gasteiger partial charge < -0.3 is 29.1 Å². The zero-order valence-corrected chi connectivity index (χ0v) is 21.1. The molecule has 1 spiro atoms. The molecule has 4 rings (SSSR count). The van der Waals surface area contributed by atoms with Crippen molar-refractivity contribution in [3.8, 4) is 0 Å². The number of β-amino-alcohol motifs (C(OH)–C–C–N with tert-alkyl or cyclic N) is 1. The van der Waals surface area contributed by atoms with Crippen LogP contribution in [0.1, 0.15) is 38.2 Å². The van der Waals surface area contributed by atoms with E-state index in [1.807, 2.05) is 30.3 Å². The number of piperazine rings is 1. The van der Waals surface area contributed by atoms with Gasteiger partial charge in [-0.15, -0.1) is 0 Å². The maximum atomic E-state index is 13.3. The molecule has 0 radical (unpaired) electrons. The predicted molar refractivity (Wildman–Crippen MR) is 130 cm³/mol. The third kappa shape index (κ3) is 6.10. The number of benzene rings is 1. The second-order valence-electron chi connectivity index (χ2n) is 10.1. The molecule has 2 amide bonds. The summed E-state index contributed by atoms with van der Waals surface area (Å²) in [6.45, 7) is 4.66. The Bertz CT molecular complexity index is 923. The smallest absolute Gasteiger partial charge is 0.445 e. The summed E-state index contributed by atoms with van der Waals surface area (Å²) >= 11 is 0. The number of aliphatic hydroxyl groups excluding tert-OH is 1. The lowest BCUT2D eigenvalue weighted by Gasteiger charge is -2.43. The number of ether oxygens (including phenoxy) is 3. The number of piperidine rings is 1. The molecule has 1 aromatic carbocycles. The van der Waals surface area contributed by atoms with Crippen molar-refractivity contribution in [2.75, 3.05) is 46.4 Å². The zero-order valence-electron chi connectivity index (χ0n) is 21.1. The molecular formula is C26H37N3O7. The Balaban J connectivity index is 1.33. The van der Waals surface area contributed by atoms with Crippen LogP contribution in [-0.4, -0.2) is 103 Å². The number of rotatable bonds is 8. The van der Waals surface area contributed by atoms with Crippen LogP contribution in [0.4, 0.5) is 9.59 Å². The number of likely N-dealkylation sites (tertiary alicyclic amines) is 1. The normalized spacial score (nSPS) is 24.4. The molecule has 0 aromatic heterocycles. The Kier molecular flexibility index (Phi) is 8.35. The molecule has 3 aliphatic rings. The number of carbonyl (C=O) groups excluding carboxylic acids is 3. The Labute approximate surface area is 212 Å². The van der Waals surface area contributed by atoms with E-state index in [1.165, 1.54) is 12.0 Å². The van der Waals surface area contributed by atoms with Crippen LogP contribution < -0.4 is 0 Å². The molecule has 10 nitrogen and oxygen atoms in total. The van der Waals surface area contributed by atoms with Gasteiger partial charge in [-0.2, -0.15) is 0 Å². The fourth-order valence-electron chi connectivity index (χ4n) is 5.21. The molecule has 0 bridgehead atoms. The fourth-order valence-corrected chi connectivity index (χ4v) is 5.21. The third-order valence-electron chi connectivity index (χ3n) is 7.87. The summed E-state index contributed by atoms with van der Waals surface area (Å²) in [6.07, 6.45) is 2.11. The van der Waals surface area contributed by atoms with Crippen LogP contribution in [0.2, 0.25) is 0 Å². The van der Waals surface area contributed by atoms with Crippen LogP contribution in [0.25, 0.3) is 0 Å². The topological polar surface area (TPSA) is 109 Å². The Morgan fingerprint density at radius 3 is 2.53 bits per heavy atom. The lowest BCUT2D eigenvalue weighted by molar-refractivity contribution is -0.144. The molecule has 10 heteroatoms. The van der Waals surface area contributed by atoms with Crippen LogP contribution in [0.5, 0.6) is 0 Å². The van der Waals surface area contributed by atoms with Gasteiger partial charge in [-0.1, -0.05) is 30.3 Å². The average Bonchev–Trinajstić information content (AvgIpc) is 3.68. The molecule has 3 fully saturated rings. The van der Waals surface area contributed by atoms with E-state index in [1.54, 1.807) is 11.8 Å². The zero-order chi connectivity index (χ0) is 25.7. The van der Waals surface area contributed by atoms with Gasteiger partial charge in [-0.3, -0.25) is 9.69 Å². The van der Waals surface area contributed by atoms with E-state index in [0.29, 0.717) is 32.6 Å². The van der Waals surface area contributed by atoms with Crippen molar-refractivity contribution >= 4 is 18.2 Å². The van der Waals surface area contributed by atoms with Gasteiger partial charge in [0.15, 0.2) is 0 Å². The first kappa shape index (κ1) is 26.2. The van der Waals surface area contributed by atoms with Gasteiger partial charge in [0.2, 0.25) is 5.91 Å². The molecule has 2 aliphatic heterocycles. The van der Waals surface area contributed by atoms with Crippen LogP contribution >= 0.6 is 0 Å². The van der Waals surface area contributed by atoms with E-state index < -0.39 is 18.3 Å². The minimum Gasteiger partial charge on any atom is -0.445 e. The van der Waals surface area contributed by atoms with Gasteiger partial charge in [0, 0.05) is 26.2 Å². The molecule has 198 valence electrons. The highest BCUT2D eigenvalue weighted by Gasteiger charge is 2.51. The monoisotopic (exact) mass is 503 g/mol. The lowest BCUT2D eigenvalue weighted by Crippen LogP contribution is -2.61. The summed E-state index contributed by atoms with van der Waals surface area (Å²) < 4.78 is 15.3. The van der Waals surface area contributed by atoms with Crippen molar-refractivity contribution < 1.29 is 33.7 Å². The number of hydrogen-bond donors (Lipinski definition) is 1. The van der Waals surface area contributed by atoms with Gasteiger partial charge in [-0.05, 0) is 50.1 Å². The van der Waals surface area contributed by atoms with Gasteiger partial charge in [0.05, 0.1) is 19.3 Å². The highest BCUT2D eigenvalue weighted by Crippen LogP contribution is 2.53. The van der Waals surface area contributed by atoms with E-state index in [-0.39, 0.29) is 36.7 Å². The van der Waals surface area contributed by atoms with Gasteiger partial charge in [0.25, 0.3) is 0 Å². The van der Waals surface area contributed by atoms with E-state index >= 15 is 0 Å². The summed E-state index contributed by atoms with van der Waals surface area (Å²) in [7, 11) is 1.24. The maximum Gasteiger partial charge on any atom is 0.508 e. The first-order chi connectivity index (χ1) is 17.3. The Hall–Kier alpha value is -2.85. The quantitative estimate of drug-likeness (QED) is 0.538. The number of aliphatic hydroxyl groups is 1. The predicted octanol–water partition coefficient (Wildman–Crippen LogP) is 2.24. The van der Waals surface area contributed by atoms with E-state index in [4.69, 9.17) is 9.47 Å². The number of methoxy groups -OCH3 is 1. The molecule has 3 atom stereocenters. The minimum atomic E-state index is -0.798. The number of hydrogen-bond acceptors (Lipinski definition) is 8. The number of amides is 2. The Morgan fingerprint density at radius 2 is 1.86 bits per heavy atom. The molecule has 2 heterocycles. The minimum absolute atomic E-state index is 0.00389. The van der Waals surface area contributed by atoms with E-state index in [2.05, 4.69) is 9.64 Å². The second kappa shape index (κ2) is 11.5. The van der Waals surface area contributed by atoms with E-state index in [9.17, 15) is 19.5 Å². The summed E-state index contributed by atoms with van der Waals surface area (Å²) in [6, 6.07) is 8.32. The van der Waals surface area contributed by atoms with Crippen LogP contribution in [-0.2, 0) is 25.6 Å². The molecule has 1 saturated carbocycles. The van der Waals surface area contributed by atoms with Crippen LogP contribution in [0, 0.1) is 5.41 Å².